The number of amides is 1. The second-order valence-electron chi connectivity index (χ2n) is 4.56. The fourth-order valence-corrected chi connectivity index (χ4v) is 2.01. The first-order chi connectivity index (χ1) is 10.2. The standard InChI is InChI=1S/C16H13N3O2/c1-11-5-7-18-10-15(11)21-16(20)19-14-4-2-3-12-6-8-17-9-13(12)14/h2-10H,1H3,(H,19,20). The zero-order valence-corrected chi connectivity index (χ0v) is 11.4. The van der Waals surface area contributed by atoms with Gasteiger partial charge in [0.05, 0.1) is 11.9 Å². The maximum atomic E-state index is 12.0. The zero-order chi connectivity index (χ0) is 14.7. The number of carbonyl (C=O) groups is 1. The van der Waals surface area contributed by atoms with Gasteiger partial charge in [0, 0.05) is 24.0 Å². The van der Waals surface area contributed by atoms with E-state index in [-0.39, 0.29) is 0 Å². The lowest BCUT2D eigenvalue weighted by Gasteiger charge is -2.10. The van der Waals surface area contributed by atoms with Crippen LogP contribution in [0.25, 0.3) is 10.8 Å². The van der Waals surface area contributed by atoms with E-state index in [4.69, 9.17) is 4.74 Å². The molecule has 104 valence electrons. The number of hydrogen-bond donors (Lipinski definition) is 1. The second-order valence-corrected chi connectivity index (χ2v) is 4.56. The SMILES string of the molecule is Cc1ccncc1OC(=O)Nc1cccc2ccncc12. The van der Waals surface area contributed by atoms with Crippen molar-refractivity contribution in [2.75, 3.05) is 5.32 Å². The van der Waals surface area contributed by atoms with Crippen LogP contribution in [0.2, 0.25) is 0 Å². The third-order valence-electron chi connectivity index (χ3n) is 3.11. The highest BCUT2D eigenvalue weighted by Gasteiger charge is 2.09. The molecule has 0 spiro atoms. The van der Waals surface area contributed by atoms with Gasteiger partial charge < -0.3 is 4.74 Å². The summed E-state index contributed by atoms with van der Waals surface area (Å²) in [5, 5.41) is 4.59. The van der Waals surface area contributed by atoms with Gasteiger partial charge in [-0.3, -0.25) is 15.3 Å². The fraction of sp³-hybridized carbons (Fsp3) is 0.0625. The second kappa shape index (κ2) is 5.58. The van der Waals surface area contributed by atoms with Gasteiger partial charge in [-0.2, -0.15) is 0 Å². The average Bonchev–Trinajstić information content (AvgIpc) is 2.50. The minimum Gasteiger partial charge on any atom is -0.408 e. The molecule has 2 aromatic heterocycles. The molecule has 0 aliphatic carbocycles. The van der Waals surface area contributed by atoms with E-state index in [0.29, 0.717) is 11.4 Å². The molecule has 3 rings (SSSR count). The molecule has 0 aliphatic rings. The van der Waals surface area contributed by atoms with E-state index in [1.165, 1.54) is 6.20 Å². The summed E-state index contributed by atoms with van der Waals surface area (Å²) in [6.07, 6.45) is 6.03. The minimum atomic E-state index is -0.553. The first-order valence-corrected chi connectivity index (χ1v) is 6.46. The lowest BCUT2D eigenvalue weighted by atomic mass is 10.1. The molecule has 0 saturated carbocycles. The molecule has 2 heterocycles. The van der Waals surface area contributed by atoms with Crippen LogP contribution < -0.4 is 10.1 Å². The van der Waals surface area contributed by atoms with Crippen molar-refractivity contribution in [3.05, 3.63) is 60.7 Å². The number of ether oxygens (including phenoxy) is 1. The molecule has 0 unspecified atom stereocenters. The van der Waals surface area contributed by atoms with Crippen LogP contribution in [0.5, 0.6) is 5.75 Å². The van der Waals surface area contributed by atoms with Crippen molar-refractivity contribution < 1.29 is 9.53 Å². The van der Waals surface area contributed by atoms with Crippen molar-refractivity contribution in [1.82, 2.24) is 9.97 Å². The lowest BCUT2D eigenvalue weighted by Crippen LogP contribution is -2.17. The molecule has 0 fully saturated rings. The zero-order valence-electron chi connectivity index (χ0n) is 11.4. The number of aromatic nitrogens is 2. The van der Waals surface area contributed by atoms with Gasteiger partial charge in [-0.05, 0) is 36.1 Å². The molecule has 0 atom stereocenters. The van der Waals surface area contributed by atoms with Crippen LogP contribution in [0.1, 0.15) is 5.56 Å². The molecular formula is C16H13N3O2. The Hall–Kier alpha value is -2.95. The summed E-state index contributed by atoms with van der Waals surface area (Å²) in [6, 6.07) is 9.30. The van der Waals surface area contributed by atoms with Gasteiger partial charge in [-0.25, -0.2) is 4.79 Å². The Morgan fingerprint density at radius 2 is 1.90 bits per heavy atom. The number of nitrogens with zero attached hydrogens (tertiary/aromatic N) is 2. The van der Waals surface area contributed by atoms with Crippen LogP contribution in [-0.2, 0) is 0 Å². The highest BCUT2D eigenvalue weighted by atomic mass is 16.6. The third kappa shape index (κ3) is 2.81. The van der Waals surface area contributed by atoms with E-state index in [1.54, 1.807) is 30.7 Å². The first-order valence-electron chi connectivity index (χ1n) is 6.46. The summed E-state index contributed by atoms with van der Waals surface area (Å²) < 4.78 is 5.27. The first kappa shape index (κ1) is 13.1. The summed E-state index contributed by atoms with van der Waals surface area (Å²) in [5.74, 6) is 0.438. The molecule has 3 aromatic rings. The summed E-state index contributed by atoms with van der Waals surface area (Å²) in [4.78, 5) is 20.0. The predicted octanol–water partition coefficient (Wildman–Crippen LogP) is 3.55. The Morgan fingerprint density at radius 3 is 2.76 bits per heavy atom. The Balaban J connectivity index is 1.82. The van der Waals surface area contributed by atoms with Gasteiger partial charge in [0.25, 0.3) is 0 Å². The Morgan fingerprint density at radius 1 is 1.10 bits per heavy atom. The summed E-state index contributed by atoms with van der Waals surface area (Å²) in [5.41, 5.74) is 1.51. The van der Waals surface area contributed by atoms with E-state index < -0.39 is 6.09 Å². The molecule has 0 radical (unpaired) electrons. The number of benzene rings is 1. The third-order valence-corrected chi connectivity index (χ3v) is 3.11. The van der Waals surface area contributed by atoms with Gasteiger partial charge in [0.1, 0.15) is 0 Å². The highest BCUT2D eigenvalue weighted by Crippen LogP contribution is 2.22. The Bertz CT molecular complexity index is 797. The number of rotatable bonds is 2. The van der Waals surface area contributed by atoms with Crippen LogP contribution in [0.4, 0.5) is 10.5 Å². The molecule has 0 saturated heterocycles. The van der Waals surface area contributed by atoms with E-state index >= 15 is 0 Å². The average molecular weight is 279 g/mol. The van der Waals surface area contributed by atoms with Gasteiger partial charge >= 0.3 is 6.09 Å². The topological polar surface area (TPSA) is 64.1 Å². The monoisotopic (exact) mass is 279 g/mol. The molecular weight excluding hydrogens is 266 g/mol. The van der Waals surface area contributed by atoms with E-state index in [0.717, 1.165) is 16.3 Å². The molecule has 0 bridgehead atoms. The molecule has 1 N–H and O–H groups in total. The molecule has 5 heteroatoms. The molecule has 1 aromatic carbocycles. The van der Waals surface area contributed by atoms with Gasteiger partial charge in [-0.1, -0.05) is 12.1 Å². The van der Waals surface area contributed by atoms with Gasteiger partial charge in [0.2, 0.25) is 0 Å². The van der Waals surface area contributed by atoms with Gasteiger partial charge in [0.15, 0.2) is 5.75 Å². The maximum absolute atomic E-state index is 12.0. The number of pyridine rings is 2. The number of aryl methyl sites for hydroxylation is 1. The van der Waals surface area contributed by atoms with E-state index in [2.05, 4.69) is 15.3 Å². The predicted molar refractivity (Wildman–Crippen MR) is 80.4 cm³/mol. The summed E-state index contributed by atoms with van der Waals surface area (Å²) in [7, 11) is 0. The van der Waals surface area contributed by atoms with E-state index in [1.807, 2.05) is 25.1 Å². The molecule has 21 heavy (non-hydrogen) atoms. The van der Waals surface area contributed by atoms with E-state index in [9.17, 15) is 4.79 Å². The quantitative estimate of drug-likeness (QED) is 0.779. The Kier molecular flexibility index (Phi) is 3.47. The van der Waals surface area contributed by atoms with Crippen LogP contribution in [0, 0.1) is 6.92 Å². The number of anilines is 1. The van der Waals surface area contributed by atoms with Crippen molar-refractivity contribution in [3.8, 4) is 5.75 Å². The van der Waals surface area contributed by atoms with Crippen LogP contribution in [0.3, 0.4) is 0 Å². The van der Waals surface area contributed by atoms with Crippen molar-refractivity contribution in [3.63, 3.8) is 0 Å². The van der Waals surface area contributed by atoms with Crippen molar-refractivity contribution in [1.29, 1.82) is 0 Å². The lowest BCUT2D eigenvalue weighted by molar-refractivity contribution is 0.214. The van der Waals surface area contributed by atoms with Crippen molar-refractivity contribution >= 4 is 22.6 Å². The largest absolute Gasteiger partial charge is 0.417 e. The smallest absolute Gasteiger partial charge is 0.408 e. The van der Waals surface area contributed by atoms with Crippen LogP contribution >= 0.6 is 0 Å². The summed E-state index contributed by atoms with van der Waals surface area (Å²) >= 11 is 0. The van der Waals surface area contributed by atoms with Crippen molar-refractivity contribution in [2.24, 2.45) is 0 Å². The number of carbonyl (C=O) groups excluding carboxylic acids is 1. The van der Waals surface area contributed by atoms with Crippen LogP contribution in [0.15, 0.2) is 55.1 Å². The molecule has 5 nitrogen and oxygen atoms in total. The molecule has 1 amide bonds. The number of fused-ring (bicyclic) bond motifs is 1. The number of hydrogen-bond acceptors (Lipinski definition) is 4. The highest BCUT2D eigenvalue weighted by molar-refractivity contribution is 6.00. The van der Waals surface area contributed by atoms with Gasteiger partial charge in [-0.15, -0.1) is 0 Å². The van der Waals surface area contributed by atoms with Crippen LogP contribution in [-0.4, -0.2) is 16.1 Å². The fourth-order valence-electron chi connectivity index (χ4n) is 2.01. The molecule has 0 aliphatic heterocycles. The summed E-state index contributed by atoms with van der Waals surface area (Å²) in [6.45, 7) is 1.85. The van der Waals surface area contributed by atoms with Crippen molar-refractivity contribution in [2.45, 2.75) is 6.92 Å². The number of nitrogens with one attached hydrogen (secondary N) is 1. The normalized spacial score (nSPS) is 10.3. The minimum absolute atomic E-state index is 0.438. The Labute approximate surface area is 121 Å². The maximum Gasteiger partial charge on any atom is 0.417 e.